The maximum absolute atomic E-state index is 10.6. The predicted octanol–water partition coefficient (Wildman–Crippen LogP) is 0.115. The van der Waals surface area contributed by atoms with Crippen LogP contribution < -0.4 is 0 Å². The summed E-state index contributed by atoms with van der Waals surface area (Å²) in [4.78, 5) is 0. The van der Waals surface area contributed by atoms with Crippen LogP contribution in [-0.2, 0) is 33.1 Å². The Morgan fingerprint density at radius 3 is 1.25 bits per heavy atom. The molecule has 0 spiro atoms. The number of thiol groups is 1. The van der Waals surface area contributed by atoms with Crippen LogP contribution in [0.25, 0.3) is 0 Å². The Labute approximate surface area is 60.5 Å². The van der Waals surface area contributed by atoms with Gasteiger partial charge in [-0.15, -0.1) is 0 Å². The van der Waals surface area contributed by atoms with E-state index in [1.54, 1.807) is 0 Å². The summed E-state index contributed by atoms with van der Waals surface area (Å²) in [5.74, 6) is 0. The molecule has 55 valence electrons. The Bertz CT molecular complexity index is 118. The Kier molecular flexibility index (Phi) is 4.94. The predicted molar refractivity (Wildman–Crippen MR) is 16.4 cm³/mol. The second kappa shape index (κ2) is 3.50. The minimum atomic E-state index is -5.05. The van der Waals surface area contributed by atoms with E-state index in [0.717, 1.165) is 0 Å². The summed E-state index contributed by atoms with van der Waals surface area (Å²) in [5, 5.41) is 0. The first kappa shape index (κ1) is 11.3. The van der Waals surface area contributed by atoms with Gasteiger partial charge in [0.05, 0.1) is 0 Å². The van der Waals surface area contributed by atoms with Crippen molar-refractivity contribution in [2.45, 2.75) is 5.51 Å². The minimum Gasteiger partial charge on any atom is -0.223 e. The molecule has 0 aliphatic carbocycles. The molecule has 0 saturated carbocycles. The third-order valence-corrected chi connectivity index (χ3v) is 0.621. The Morgan fingerprint density at radius 1 is 1.12 bits per heavy atom. The van der Waals surface area contributed by atoms with Crippen molar-refractivity contribution in [3.8, 4) is 0 Å². The van der Waals surface area contributed by atoms with E-state index >= 15 is 0 Å². The monoisotopic (exact) mass is 241 g/mol. The molecule has 0 atom stereocenters. The largest absolute Gasteiger partial charge is 0.494 e. The summed E-state index contributed by atoms with van der Waals surface area (Å²) in [6.45, 7) is 0. The number of hydrogen-bond donors (Lipinski definition) is 1. The number of hydrogen-bond acceptors (Lipinski definition) is 2. The molecular formula is CHAgF3O2S. The molecule has 1 radical (unpaired) electrons. The second-order valence-corrected chi connectivity index (χ2v) is 1.75. The van der Waals surface area contributed by atoms with Crippen LogP contribution in [0.15, 0.2) is 0 Å². The zero-order valence-electron chi connectivity index (χ0n) is 3.20. The molecule has 0 aliphatic rings. The molecular weight excluding hydrogens is 241 g/mol. The molecule has 0 saturated heterocycles. The third kappa shape index (κ3) is 4.63. The van der Waals surface area contributed by atoms with Crippen molar-refractivity contribution >= 4 is 10.7 Å². The van der Waals surface area contributed by atoms with Gasteiger partial charge in [0, 0.05) is 22.4 Å². The van der Waals surface area contributed by atoms with Crippen molar-refractivity contribution in [1.29, 1.82) is 0 Å². The van der Waals surface area contributed by atoms with E-state index in [1.807, 2.05) is 0 Å². The molecule has 0 aliphatic heterocycles. The number of halogens is 3. The van der Waals surface area contributed by atoms with Gasteiger partial charge in [0.15, 0.2) is 0 Å². The van der Waals surface area contributed by atoms with Crippen LogP contribution in [-0.4, -0.2) is 13.9 Å². The molecule has 0 aromatic heterocycles. The minimum absolute atomic E-state index is 0. The zero-order valence-corrected chi connectivity index (χ0v) is 5.58. The first-order valence-electron chi connectivity index (χ1n) is 1.16. The first-order chi connectivity index (χ1) is 2.94. The third-order valence-electron chi connectivity index (χ3n) is 0.207. The molecule has 0 N–H and O–H groups in total. The van der Waals surface area contributed by atoms with Crippen LogP contribution in [0.4, 0.5) is 13.2 Å². The van der Waals surface area contributed by atoms with Gasteiger partial charge in [-0.25, -0.2) is 8.42 Å². The molecule has 7 heteroatoms. The van der Waals surface area contributed by atoms with Crippen LogP contribution in [0.3, 0.4) is 0 Å². The van der Waals surface area contributed by atoms with Gasteiger partial charge in [-0.1, -0.05) is 0 Å². The molecule has 0 rings (SSSR count). The Balaban J connectivity index is 0. The van der Waals surface area contributed by atoms with E-state index < -0.39 is 16.2 Å². The van der Waals surface area contributed by atoms with Crippen molar-refractivity contribution in [3.05, 3.63) is 0 Å². The first-order valence-corrected chi connectivity index (χ1v) is 2.33. The number of alkyl halides is 3. The molecule has 0 fully saturated rings. The van der Waals surface area contributed by atoms with E-state index in [4.69, 9.17) is 8.42 Å². The van der Waals surface area contributed by atoms with Crippen LogP contribution in [0, 0.1) is 0 Å². The van der Waals surface area contributed by atoms with E-state index in [9.17, 15) is 13.2 Å². The van der Waals surface area contributed by atoms with Crippen molar-refractivity contribution < 1.29 is 44.0 Å². The fraction of sp³-hybridized carbons (Fsp3) is 1.00. The van der Waals surface area contributed by atoms with E-state index in [2.05, 4.69) is 0 Å². The van der Waals surface area contributed by atoms with Gasteiger partial charge in [-0.3, -0.25) is 0 Å². The van der Waals surface area contributed by atoms with Gasteiger partial charge in [-0.05, 0) is 0 Å². The molecule has 0 heterocycles. The molecule has 0 aromatic carbocycles. The van der Waals surface area contributed by atoms with Gasteiger partial charge < -0.3 is 0 Å². The molecule has 0 amide bonds. The van der Waals surface area contributed by atoms with Gasteiger partial charge in [0.1, 0.15) is 0 Å². The molecule has 0 bridgehead atoms. The van der Waals surface area contributed by atoms with Gasteiger partial charge in [0.2, 0.25) is 10.7 Å². The normalized spacial score (nSPS) is 11.0. The average Bonchev–Trinajstić information content (AvgIpc) is 1.31. The van der Waals surface area contributed by atoms with E-state index in [0.29, 0.717) is 0 Å². The van der Waals surface area contributed by atoms with Crippen LogP contribution in [0.1, 0.15) is 0 Å². The Hall–Kier alpha value is 0.480. The quantitative estimate of drug-likeness (QED) is 0.483. The summed E-state index contributed by atoms with van der Waals surface area (Å²) in [6.07, 6.45) is 0. The summed E-state index contributed by atoms with van der Waals surface area (Å²) in [6, 6.07) is 0. The summed E-state index contributed by atoms with van der Waals surface area (Å²) in [7, 11) is -4.24. The maximum atomic E-state index is 10.6. The fourth-order valence-electron chi connectivity index (χ4n) is 0. The Morgan fingerprint density at radius 2 is 1.25 bits per heavy atom. The second-order valence-electron chi connectivity index (χ2n) is 0.725. The average molecular weight is 242 g/mol. The van der Waals surface area contributed by atoms with Crippen LogP contribution in [0.5, 0.6) is 0 Å². The SMILES string of the molecule is O=[SH](=O)C(F)(F)F.[Ag]. The number of rotatable bonds is 0. The standard InChI is InChI=1S/CHF3O2S.Ag/c2-1(3,4)7(5)6;/h7H;. The fourth-order valence-corrected chi connectivity index (χ4v) is 0. The molecule has 0 aromatic rings. The molecule has 8 heavy (non-hydrogen) atoms. The summed E-state index contributed by atoms with van der Waals surface area (Å²) < 4.78 is 49.6. The maximum Gasteiger partial charge on any atom is 0.494 e. The van der Waals surface area contributed by atoms with Crippen molar-refractivity contribution in [2.75, 3.05) is 0 Å². The topological polar surface area (TPSA) is 34.1 Å². The zero-order chi connectivity index (χ0) is 6.08. The van der Waals surface area contributed by atoms with E-state index in [-0.39, 0.29) is 22.4 Å². The summed E-state index contributed by atoms with van der Waals surface area (Å²) >= 11 is 0. The smallest absolute Gasteiger partial charge is 0.223 e. The van der Waals surface area contributed by atoms with Crippen molar-refractivity contribution in [3.63, 3.8) is 0 Å². The molecule has 2 nitrogen and oxygen atoms in total. The molecule has 0 unspecified atom stereocenters. The van der Waals surface area contributed by atoms with Gasteiger partial charge in [0.25, 0.3) is 0 Å². The van der Waals surface area contributed by atoms with Gasteiger partial charge in [-0.2, -0.15) is 13.2 Å². The van der Waals surface area contributed by atoms with Crippen molar-refractivity contribution in [1.82, 2.24) is 0 Å². The van der Waals surface area contributed by atoms with Gasteiger partial charge >= 0.3 is 5.51 Å². The van der Waals surface area contributed by atoms with Crippen LogP contribution in [0.2, 0.25) is 0 Å². The summed E-state index contributed by atoms with van der Waals surface area (Å²) in [5.41, 5.74) is -5.05. The van der Waals surface area contributed by atoms with Crippen LogP contribution >= 0.6 is 0 Å². The van der Waals surface area contributed by atoms with Crippen molar-refractivity contribution in [2.24, 2.45) is 0 Å². The van der Waals surface area contributed by atoms with E-state index in [1.165, 1.54) is 0 Å².